The molecule has 1 aliphatic heterocycles. The summed E-state index contributed by atoms with van der Waals surface area (Å²) in [4.78, 5) is 0. The van der Waals surface area contributed by atoms with E-state index in [0.717, 1.165) is 5.76 Å². The molecular weight excluding hydrogens is 244 g/mol. The number of hydrogen-bond acceptors (Lipinski definition) is 1. The Morgan fingerprint density at radius 1 is 0.850 bits per heavy atom. The SMILES string of the molecule is CC1=C(C)c2c(C)c(C(C)(C)C)c(C)c(C)c2C(C)O1. The fourth-order valence-electron chi connectivity index (χ4n) is 3.89. The minimum absolute atomic E-state index is 0.153. The smallest absolute Gasteiger partial charge is 0.121 e. The summed E-state index contributed by atoms with van der Waals surface area (Å²) >= 11 is 0. The normalized spacial score (nSPS) is 18.9. The Morgan fingerprint density at radius 3 is 1.90 bits per heavy atom. The van der Waals surface area contributed by atoms with Gasteiger partial charge in [0.15, 0.2) is 0 Å². The highest BCUT2D eigenvalue weighted by atomic mass is 16.5. The number of benzene rings is 1. The molecule has 0 fully saturated rings. The van der Waals surface area contributed by atoms with E-state index in [2.05, 4.69) is 62.3 Å². The monoisotopic (exact) mass is 272 g/mol. The Labute approximate surface area is 124 Å². The lowest BCUT2D eigenvalue weighted by Crippen LogP contribution is -2.21. The van der Waals surface area contributed by atoms with E-state index >= 15 is 0 Å². The van der Waals surface area contributed by atoms with Crippen LogP contribution < -0.4 is 0 Å². The lowest BCUT2D eigenvalue weighted by atomic mass is 9.74. The van der Waals surface area contributed by atoms with Crippen molar-refractivity contribution in [3.8, 4) is 0 Å². The van der Waals surface area contributed by atoms with Crippen molar-refractivity contribution in [1.29, 1.82) is 0 Å². The van der Waals surface area contributed by atoms with Gasteiger partial charge in [-0.3, -0.25) is 0 Å². The third-order valence-corrected chi connectivity index (χ3v) is 4.77. The predicted molar refractivity (Wildman–Crippen MR) is 87.1 cm³/mol. The molecule has 0 amide bonds. The number of rotatable bonds is 0. The Hall–Kier alpha value is -1.24. The molecule has 0 radical (unpaired) electrons. The van der Waals surface area contributed by atoms with E-state index < -0.39 is 0 Å². The van der Waals surface area contributed by atoms with Gasteiger partial charge in [-0.15, -0.1) is 0 Å². The van der Waals surface area contributed by atoms with Crippen molar-refractivity contribution < 1.29 is 4.74 Å². The zero-order valence-corrected chi connectivity index (χ0v) is 14.5. The van der Waals surface area contributed by atoms with Crippen LogP contribution in [-0.2, 0) is 10.2 Å². The van der Waals surface area contributed by atoms with E-state index in [0.29, 0.717) is 0 Å². The lowest BCUT2D eigenvalue weighted by Gasteiger charge is -2.35. The summed E-state index contributed by atoms with van der Waals surface area (Å²) in [5, 5.41) is 0. The highest BCUT2D eigenvalue weighted by molar-refractivity contribution is 5.76. The number of fused-ring (bicyclic) bond motifs is 1. The Balaban J connectivity index is 2.94. The molecule has 1 atom stereocenters. The van der Waals surface area contributed by atoms with Gasteiger partial charge in [0.05, 0.1) is 5.76 Å². The summed E-state index contributed by atoms with van der Waals surface area (Å²) in [5.74, 6) is 1.07. The van der Waals surface area contributed by atoms with Crippen LogP contribution in [0, 0.1) is 20.8 Å². The maximum absolute atomic E-state index is 6.02. The van der Waals surface area contributed by atoms with Gasteiger partial charge in [-0.2, -0.15) is 0 Å². The highest BCUT2D eigenvalue weighted by Crippen LogP contribution is 2.44. The molecule has 1 aromatic rings. The number of hydrogen-bond donors (Lipinski definition) is 0. The average molecular weight is 272 g/mol. The second-order valence-corrected chi connectivity index (χ2v) is 7.23. The molecule has 1 unspecified atom stereocenters. The Morgan fingerprint density at radius 2 is 1.40 bits per heavy atom. The van der Waals surface area contributed by atoms with Crippen LogP contribution in [0.2, 0.25) is 0 Å². The fraction of sp³-hybridized carbons (Fsp3) is 0.579. The highest BCUT2D eigenvalue weighted by Gasteiger charge is 2.30. The topological polar surface area (TPSA) is 9.23 Å². The molecular formula is C19H28O. The molecule has 0 saturated heterocycles. The van der Waals surface area contributed by atoms with Gasteiger partial charge in [-0.05, 0) is 80.3 Å². The molecule has 0 aliphatic carbocycles. The predicted octanol–water partition coefficient (Wildman–Crippen LogP) is 5.75. The third-order valence-electron chi connectivity index (χ3n) is 4.77. The number of ether oxygens (including phenoxy) is 1. The van der Waals surface area contributed by atoms with Gasteiger partial charge in [0, 0.05) is 5.56 Å². The molecule has 2 rings (SSSR count). The first-order valence-corrected chi connectivity index (χ1v) is 7.56. The molecule has 20 heavy (non-hydrogen) atoms. The van der Waals surface area contributed by atoms with Crippen molar-refractivity contribution in [3.63, 3.8) is 0 Å². The summed E-state index contributed by atoms with van der Waals surface area (Å²) in [6.07, 6.45) is 0.153. The van der Waals surface area contributed by atoms with Gasteiger partial charge in [0.2, 0.25) is 0 Å². The van der Waals surface area contributed by atoms with Crippen LogP contribution in [0.3, 0.4) is 0 Å². The van der Waals surface area contributed by atoms with E-state index in [1.165, 1.54) is 39.0 Å². The molecule has 1 nitrogen and oxygen atoms in total. The van der Waals surface area contributed by atoms with E-state index in [-0.39, 0.29) is 11.5 Å². The maximum atomic E-state index is 6.02. The maximum Gasteiger partial charge on any atom is 0.121 e. The Kier molecular flexibility index (Phi) is 3.52. The zero-order chi connectivity index (χ0) is 15.4. The van der Waals surface area contributed by atoms with Gasteiger partial charge in [-0.1, -0.05) is 20.8 Å². The molecule has 0 saturated carbocycles. The van der Waals surface area contributed by atoms with Crippen LogP contribution in [0.4, 0.5) is 0 Å². The lowest BCUT2D eigenvalue weighted by molar-refractivity contribution is 0.130. The van der Waals surface area contributed by atoms with Gasteiger partial charge in [0.25, 0.3) is 0 Å². The molecule has 0 spiro atoms. The van der Waals surface area contributed by atoms with Crippen molar-refractivity contribution >= 4 is 5.57 Å². The summed E-state index contributed by atoms with van der Waals surface area (Å²) in [5.41, 5.74) is 10.0. The first kappa shape index (κ1) is 15.2. The number of allylic oxidation sites excluding steroid dienone is 2. The molecule has 0 N–H and O–H groups in total. The minimum atomic E-state index is 0.153. The quantitative estimate of drug-likeness (QED) is 0.584. The first-order valence-electron chi connectivity index (χ1n) is 7.56. The second kappa shape index (κ2) is 4.65. The van der Waals surface area contributed by atoms with Crippen LogP contribution in [-0.4, -0.2) is 0 Å². The molecule has 1 heterocycles. The van der Waals surface area contributed by atoms with Crippen molar-refractivity contribution in [2.24, 2.45) is 0 Å². The van der Waals surface area contributed by atoms with Crippen molar-refractivity contribution in [2.45, 2.75) is 73.8 Å². The molecule has 1 aromatic carbocycles. The van der Waals surface area contributed by atoms with E-state index in [9.17, 15) is 0 Å². The molecule has 1 aliphatic rings. The standard InChI is InChI=1S/C19H28O/c1-10-11(2)18(19(7,8)9)13(4)16-12(3)14(5)20-15(6)17(10)16/h15H,1-9H3. The van der Waals surface area contributed by atoms with Gasteiger partial charge < -0.3 is 4.74 Å². The van der Waals surface area contributed by atoms with Crippen LogP contribution >= 0.6 is 0 Å². The summed E-state index contributed by atoms with van der Waals surface area (Å²) < 4.78 is 6.02. The first-order chi connectivity index (χ1) is 9.07. The van der Waals surface area contributed by atoms with Gasteiger partial charge in [0.1, 0.15) is 6.10 Å². The molecule has 110 valence electrons. The zero-order valence-electron chi connectivity index (χ0n) is 14.5. The summed E-state index contributed by atoms with van der Waals surface area (Å²) in [6, 6.07) is 0. The molecule has 1 heteroatoms. The fourth-order valence-corrected chi connectivity index (χ4v) is 3.89. The van der Waals surface area contributed by atoms with Gasteiger partial charge in [-0.25, -0.2) is 0 Å². The molecule has 0 aromatic heterocycles. The van der Waals surface area contributed by atoms with Crippen LogP contribution in [0.15, 0.2) is 5.76 Å². The van der Waals surface area contributed by atoms with Crippen molar-refractivity contribution in [2.75, 3.05) is 0 Å². The third kappa shape index (κ3) is 2.08. The molecule has 0 bridgehead atoms. The van der Waals surface area contributed by atoms with Crippen LogP contribution in [0.25, 0.3) is 5.57 Å². The second-order valence-electron chi connectivity index (χ2n) is 7.23. The van der Waals surface area contributed by atoms with E-state index in [4.69, 9.17) is 4.74 Å². The van der Waals surface area contributed by atoms with E-state index in [1.54, 1.807) is 0 Å². The summed E-state index contributed by atoms with van der Waals surface area (Å²) in [6.45, 7) is 20.1. The van der Waals surface area contributed by atoms with E-state index in [1.807, 2.05) is 0 Å². The Bertz CT molecular complexity index is 597. The van der Waals surface area contributed by atoms with Crippen molar-refractivity contribution in [3.05, 3.63) is 39.1 Å². The van der Waals surface area contributed by atoms with Crippen LogP contribution in [0.5, 0.6) is 0 Å². The average Bonchev–Trinajstić information content (AvgIpc) is 2.29. The summed E-state index contributed by atoms with van der Waals surface area (Å²) in [7, 11) is 0. The minimum Gasteiger partial charge on any atom is -0.490 e. The largest absolute Gasteiger partial charge is 0.490 e. The van der Waals surface area contributed by atoms with Gasteiger partial charge >= 0.3 is 0 Å². The van der Waals surface area contributed by atoms with Crippen molar-refractivity contribution in [1.82, 2.24) is 0 Å². The van der Waals surface area contributed by atoms with Crippen LogP contribution in [0.1, 0.15) is 81.0 Å².